The zero-order valence-corrected chi connectivity index (χ0v) is 13.2. The number of Topliss-reactive ketones (excluding diaryl/α,β-unsaturated/α-hetero) is 1. The van der Waals surface area contributed by atoms with Crippen LogP contribution in [0.3, 0.4) is 0 Å². The number of esters is 1. The molecule has 0 fully saturated rings. The Morgan fingerprint density at radius 3 is 2.30 bits per heavy atom. The summed E-state index contributed by atoms with van der Waals surface area (Å²) in [4.78, 5) is 23.5. The molecule has 0 aliphatic heterocycles. The van der Waals surface area contributed by atoms with Crippen molar-refractivity contribution in [2.45, 2.75) is 19.8 Å². The topological polar surface area (TPSA) is 55.4 Å². The molecule has 23 heavy (non-hydrogen) atoms. The number of carbonyl (C=O) groups excluding carboxylic acids is 2. The summed E-state index contributed by atoms with van der Waals surface area (Å²) in [5.74, 6) is -0.155. The van der Waals surface area contributed by atoms with Crippen molar-refractivity contribution in [3.8, 4) is 0 Å². The van der Waals surface area contributed by atoms with Crippen LogP contribution in [0.4, 0.5) is 5.69 Å². The molecular formula is C19H21NO3. The predicted octanol–water partition coefficient (Wildman–Crippen LogP) is 3.94. The molecule has 0 radical (unpaired) electrons. The van der Waals surface area contributed by atoms with E-state index in [9.17, 15) is 9.59 Å². The molecule has 2 rings (SSSR count). The Morgan fingerprint density at radius 1 is 0.957 bits per heavy atom. The van der Waals surface area contributed by atoms with Gasteiger partial charge in [0.1, 0.15) is 0 Å². The van der Waals surface area contributed by atoms with Gasteiger partial charge in [-0.05, 0) is 37.6 Å². The first-order valence-corrected chi connectivity index (χ1v) is 7.80. The number of hydrogen-bond acceptors (Lipinski definition) is 4. The highest BCUT2D eigenvalue weighted by Gasteiger charge is 2.06. The van der Waals surface area contributed by atoms with Gasteiger partial charge in [-0.25, -0.2) is 4.79 Å². The van der Waals surface area contributed by atoms with Crippen LogP contribution in [0.25, 0.3) is 0 Å². The Morgan fingerprint density at radius 2 is 1.65 bits per heavy atom. The molecule has 2 aromatic rings. The normalized spacial score (nSPS) is 10.1. The van der Waals surface area contributed by atoms with Crippen LogP contribution in [0.1, 0.15) is 40.5 Å². The Balaban J connectivity index is 1.74. The minimum Gasteiger partial charge on any atom is -0.462 e. The number of rotatable bonds is 8. The van der Waals surface area contributed by atoms with Crippen molar-refractivity contribution in [2.75, 3.05) is 18.5 Å². The first kappa shape index (κ1) is 16.7. The summed E-state index contributed by atoms with van der Waals surface area (Å²) in [6.07, 6.45) is 1.27. The third-order valence-electron chi connectivity index (χ3n) is 3.40. The second-order valence-corrected chi connectivity index (χ2v) is 5.12. The Kier molecular flexibility index (Phi) is 6.36. The standard InChI is InChI=1S/C19H21NO3/c1-2-23-19(22)16-10-12-17(13-11-16)20-14-6-9-18(21)15-7-4-3-5-8-15/h3-5,7-8,10-13,20H,2,6,9,14H2,1H3. The van der Waals surface area contributed by atoms with Crippen LogP contribution < -0.4 is 5.32 Å². The van der Waals surface area contributed by atoms with Gasteiger partial charge < -0.3 is 10.1 Å². The lowest BCUT2D eigenvalue weighted by Crippen LogP contribution is -2.07. The zero-order valence-electron chi connectivity index (χ0n) is 13.2. The summed E-state index contributed by atoms with van der Waals surface area (Å²) < 4.78 is 4.94. The molecule has 0 atom stereocenters. The molecule has 0 unspecified atom stereocenters. The summed E-state index contributed by atoms with van der Waals surface area (Å²) in [6.45, 7) is 2.86. The SMILES string of the molecule is CCOC(=O)c1ccc(NCCCC(=O)c2ccccc2)cc1. The maximum Gasteiger partial charge on any atom is 0.338 e. The minimum atomic E-state index is -0.312. The van der Waals surface area contributed by atoms with Crippen molar-refractivity contribution >= 4 is 17.4 Å². The summed E-state index contributed by atoms with van der Waals surface area (Å²) in [6, 6.07) is 16.5. The quantitative estimate of drug-likeness (QED) is 0.456. The Hall–Kier alpha value is -2.62. The van der Waals surface area contributed by atoms with Gasteiger partial charge in [-0.1, -0.05) is 30.3 Å². The second-order valence-electron chi connectivity index (χ2n) is 5.12. The molecule has 120 valence electrons. The summed E-state index contributed by atoms with van der Waals surface area (Å²) >= 11 is 0. The van der Waals surface area contributed by atoms with Gasteiger partial charge >= 0.3 is 5.97 Å². The number of hydrogen-bond donors (Lipinski definition) is 1. The van der Waals surface area contributed by atoms with E-state index in [2.05, 4.69) is 5.32 Å². The predicted molar refractivity (Wildman–Crippen MR) is 90.9 cm³/mol. The Bertz CT molecular complexity index is 635. The van der Waals surface area contributed by atoms with Crippen LogP contribution in [0, 0.1) is 0 Å². The molecule has 0 bridgehead atoms. The number of ketones is 1. The number of anilines is 1. The second kappa shape index (κ2) is 8.73. The van der Waals surface area contributed by atoms with Gasteiger partial charge in [0.25, 0.3) is 0 Å². The molecule has 1 N–H and O–H groups in total. The van der Waals surface area contributed by atoms with E-state index in [-0.39, 0.29) is 11.8 Å². The largest absolute Gasteiger partial charge is 0.462 e. The van der Waals surface area contributed by atoms with E-state index in [0.717, 1.165) is 17.7 Å². The summed E-state index contributed by atoms with van der Waals surface area (Å²) in [5.41, 5.74) is 2.22. The van der Waals surface area contributed by atoms with Crippen LogP contribution in [0.15, 0.2) is 54.6 Å². The number of ether oxygens (including phenoxy) is 1. The lowest BCUT2D eigenvalue weighted by atomic mass is 10.1. The number of benzene rings is 2. The summed E-state index contributed by atoms with van der Waals surface area (Å²) in [5, 5.41) is 3.25. The molecule has 0 spiro atoms. The van der Waals surface area contributed by atoms with E-state index in [1.165, 1.54) is 0 Å². The molecule has 4 nitrogen and oxygen atoms in total. The molecule has 0 heterocycles. The zero-order chi connectivity index (χ0) is 16.5. The van der Waals surface area contributed by atoms with Crippen LogP contribution >= 0.6 is 0 Å². The highest BCUT2D eigenvalue weighted by molar-refractivity contribution is 5.96. The van der Waals surface area contributed by atoms with E-state index in [4.69, 9.17) is 4.74 Å². The van der Waals surface area contributed by atoms with E-state index < -0.39 is 0 Å². The van der Waals surface area contributed by atoms with E-state index in [1.807, 2.05) is 42.5 Å². The minimum absolute atomic E-state index is 0.157. The van der Waals surface area contributed by atoms with Gasteiger partial charge in [0.05, 0.1) is 12.2 Å². The van der Waals surface area contributed by atoms with Gasteiger partial charge in [0, 0.05) is 24.2 Å². The van der Waals surface area contributed by atoms with E-state index >= 15 is 0 Å². The van der Waals surface area contributed by atoms with Crippen LogP contribution in [0.2, 0.25) is 0 Å². The van der Waals surface area contributed by atoms with E-state index in [1.54, 1.807) is 19.1 Å². The lowest BCUT2D eigenvalue weighted by Gasteiger charge is -2.07. The first-order chi connectivity index (χ1) is 11.2. The summed E-state index contributed by atoms with van der Waals surface area (Å²) in [7, 11) is 0. The molecule has 2 aromatic carbocycles. The number of carbonyl (C=O) groups is 2. The van der Waals surface area contributed by atoms with Gasteiger partial charge in [-0.15, -0.1) is 0 Å². The molecule has 0 amide bonds. The van der Waals surface area contributed by atoms with Gasteiger partial charge in [0.15, 0.2) is 5.78 Å². The third-order valence-corrected chi connectivity index (χ3v) is 3.40. The molecule has 0 aromatic heterocycles. The van der Waals surface area contributed by atoms with Crippen molar-refractivity contribution in [1.29, 1.82) is 0 Å². The smallest absolute Gasteiger partial charge is 0.338 e. The third kappa shape index (κ3) is 5.25. The van der Waals surface area contributed by atoms with Crippen LogP contribution in [-0.2, 0) is 4.74 Å². The van der Waals surface area contributed by atoms with Crippen LogP contribution in [-0.4, -0.2) is 24.9 Å². The van der Waals surface area contributed by atoms with Gasteiger partial charge in [0.2, 0.25) is 0 Å². The van der Waals surface area contributed by atoms with Crippen molar-refractivity contribution in [3.05, 3.63) is 65.7 Å². The van der Waals surface area contributed by atoms with Crippen molar-refractivity contribution in [1.82, 2.24) is 0 Å². The molecule has 4 heteroatoms. The van der Waals surface area contributed by atoms with Crippen molar-refractivity contribution in [3.63, 3.8) is 0 Å². The average molecular weight is 311 g/mol. The van der Waals surface area contributed by atoms with E-state index in [0.29, 0.717) is 25.1 Å². The number of nitrogens with one attached hydrogen (secondary N) is 1. The maximum atomic E-state index is 12.0. The fraction of sp³-hybridized carbons (Fsp3) is 0.263. The van der Waals surface area contributed by atoms with Gasteiger partial charge in [-0.2, -0.15) is 0 Å². The fourth-order valence-corrected chi connectivity index (χ4v) is 2.19. The average Bonchev–Trinajstić information content (AvgIpc) is 2.60. The highest BCUT2D eigenvalue weighted by atomic mass is 16.5. The molecular weight excluding hydrogens is 290 g/mol. The lowest BCUT2D eigenvalue weighted by molar-refractivity contribution is 0.0526. The highest BCUT2D eigenvalue weighted by Crippen LogP contribution is 2.11. The molecule has 0 aliphatic carbocycles. The van der Waals surface area contributed by atoms with Crippen LogP contribution in [0.5, 0.6) is 0 Å². The van der Waals surface area contributed by atoms with Crippen molar-refractivity contribution in [2.24, 2.45) is 0 Å². The van der Waals surface area contributed by atoms with Gasteiger partial charge in [-0.3, -0.25) is 4.79 Å². The molecule has 0 saturated heterocycles. The maximum absolute atomic E-state index is 12.0. The Labute approximate surface area is 136 Å². The molecule has 0 aliphatic rings. The molecule has 0 saturated carbocycles. The fourth-order valence-electron chi connectivity index (χ4n) is 2.19. The van der Waals surface area contributed by atoms with Crippen molar-refractivity contribution < 1.29 is 14.3 Å². The first-order valence-electron chi connectivity index (χ1n) is 7.80. The monoisotopic (exact) mass is 311 g/mol.